The Morgan fingerprint density at radius 1 is 1.32 bits per heavy atom. The summed E-state index contributed by atoms with van der Waals surface area (Å²) in [7, 11) is 1.51. The quantitative estimate of drug-likeness (QED) is 0.792. The molecule has 0 radical (unpaired) electrons. The summed E-state index contributed by atoms with van der Waals surface area (Å²) >= 11 is 0. The van der Waals surface area contributed by atoms with Crippen LogP contribution in [0.3, 0.4) is 0 Å². The third-order valence-corrected chi connectivity index (χ3v) is 2.95. The van der Waals surface area contributed by atoms with E-state index in [1.165, 1.54) is 7.05 Å². The number of benzene rings is 1. The highest BCUT2D eigenvalue weighted by molar-refractivity contribution is 5.85. The number of alkyl carbamates (subject to hydrolysis) is 1. The number of phenols is 1. The van der Waals surface area contributed by atoms with E-state index in [0.717, 1.165) is 5.56 Å². The van der Waals surface area contributed by atoms with Crippen molar-refractivity contribution in [3.63, 3.8) is 0 Å². The van der Waals surface area contributed by atoms with Crippen molar-refractivity contribution in [3.8, 4) is 5.75 Å². The van der Waals surface area contributed by atoms with Crippen LogP contribution in [0.1, 0.15) is 31.9 Å². The first kappa shape index (κ1) is 17.8. The minimum atomic E-state index is -0.746. The highest BCUT2D eigenvalue weighted by Gasteiger charge is 2.24. The van der Waals surface area contributed by atoms with Crippen LogP contribution in [0.4, 0.5) is 4.79 Å². The van der Waals surface area contributed by atoms with Crippen molar-refractivity contribution < 1.29 is 19.4 Å². The average molecular weight is 308 g/mol. The van der Waals surface area contributed by atoms with Crippen molar-refractivity contribution in [2.75, 3.05) is 7.05 Å². The van der Waals surface area contributed by atoms with Crippen LogP contribution in [0.2, 0.25) is 0 Å². The van der Waals surface area contributed by atoms with Gasteiger partial charge in [-0.15, -0.1) is 0 Å². The molecule has 0 aromatic heterocycles. The summed E-state index contributed by atoms with van der Waals surface area (Å²) in [5.41, 5.74) is 0.914. The molecule has 6 nitrogen and oxygen atoms in total. The van der Waals surface area contributed by atoms with E-state index in [1.54, 1.807) is 45.9 Å². The normalized spacial score (nSPS) is 12.4. The van der Waals surface area contributed by atoms with Gasteiger partial charge in [0.1, 0.15) is 17.4 Å². The van der Waals surface area contributed by atoms with E-state index in [9.17, 15) is 14.7 Å². The van der Waals surface area contributed by atoms with E-state index in [-0.39, 0.29) is 11.7 Å². The van der Waals surface area contributed by atoms with Gasteiger partial charge in [0.25, 0.3) is 0 Å². The first-order valence-electron chi connectivity index (χ1n) is 7.12. The second-order valence-electron chi connectivity index (χ2n) is 6.14. The summed E-state index contributed by atoms with van der Waals surface area (Å²) < 4.78 is 5.17. The van der Waals surface area contributed by atoms with Gasteiger partial charge in [0.05, 0.1) is 0 Å². The molecule has 0 saturated heterocycles. The number of aromatic hydroxyl groups is 1. The summed E-state index contributed by atoms with van der Waals surface area (Å²) in [5, 5.41) is 14.6. The molecule has 122 valence electrons. The maximum Gasteiger partial charge on any atom is 0.408 e. The molecule has 0 saturated carbocycles. The summed E-state index contributed by atoms with van der Waals surface area (Å²) in [6, 6.07) is 4.32. The zero-order valence-corrected chi connectivity index (χ0v) is 13.7. The van der Waals surface area contributed by atoms with Crippen molar-refractivity contribution in [2.24, 2.45) is 0 Å². The fraction of sp³-hybridized carbons (Fsp3) is 0.500. The van der Waals surface area contributed by atoms with E-state index >= 15 is 0 Å². The standard InChI is InChI=1S/C16H24N2O4/c1-10-8-11(6-7-13(10)19)9-12(14(20)17-5)18-15(21)22-16(2,3)4/h6-8,12,19H,9H2,1-5H3,(H,17,20)(H,18,21)/t12-/m0/s1. The molecule has 1 aromatic rings. The van der Waals surface area contributed by atoms with Crippen LogP contribution in [-0.4, -0.2) is 35.8 Å². The summed E-state index contributed by atoms with van der Waals surface area (Å²) in [5.74, 6) is -0.114. The predicted octanol–water partition coefficient (Wildman–Crippen LogP) is 1.88. The predicted molar refractivity (Wildman–Crippen MR) is 83.8 cm³/mol. The monoisotopic (exact) mass is 308 g/mol. The van der Waals surface area contributed by atoms with E-state index in [2.05, 4.69) is 10.6 Å². The molecule has 0 aliphatic heterocycles. The maximum absolute atomic E-state index is 11.9. The number of carbonyl (C=O) groups excluding carboxylic acids is 2. The molecule has 6 heteroatoms. The number of likely N-dealkylation sites (N-methyl/N-ethyl adjacent to an activating group) is 1. The molecule has 1 atom stereocenters. The first-order chi connectivity index (χ1) is 10.1. The van der Waals surface area contributed by atoms with Crippen molar-refractivity contribution >= 4 is 12.0 Å². The maximum atomic E-state index is 11.9. The Hall–Kier alpha value is -2.24. The smallest absolute Gasteiger partial charge is 0.408 e. The first-order valence-corrected chi connectivity index (χ1v) is 7.12. The fourth-order valence-electron chi connectivity index (χ4n) is 1.91. The second kappa shape index (κ2) is 7.15. The van der Waals surface area contributed by atoms with Crippen LogP contribution in [-0.2, 0) is 16.0 Å². The summed E-state index contributed by atoms with van der Waals surface area (Å²) in [6.45, 7) is 7.04. The molecule has 0 aliphatic rings. The summed E-state index contributed by atoms with van der Waals surface area (Å²) in [6.07, 6.45) is -0.336. The van der Waals surface area contributed by atoms with E-state index in [0.29, 0.717) is 12.0 Å². The largest absolute Gasteiger partial charge is 0.508 e. The molecule has 22 heavy (non-hydrogen) atoms. The topological polar surface area (TPSA) is 87.7 Å². The zero-order chi connectivity index (χ0) is 16.9. The lowest BCUT2D eigenvalue weighted by molar-refractivity contribution is -0.122. The van der Waals surface area contributed by atoms with E-state index in [1.807, 2.05) is 0 Å². The SMILES string of the molecule is CNC(=O)[C@H](Cc1ccc(O)c(C)c1)NC(=O)OC(C)(C)C. The second-order valence-corrected chi connectivity index (χ2v) is 6.14. The van der Waals surface area contributed by atoms with Crippen LogP contribution in [0.5, 0.6) is 5.75 Å². The molecule has 3 N–H and O–H groups in total. The highest BCUT2D eigenvalue weighted by atomic mass is 16.6. The van der Waals surface area contributed by atoms with Gasteiger partial charge in [0, 0.05) is 13.5 Å². The van der Waals surface area contributed by atoms with Gasteiger partial charge in [-0.1, -0.05) is 12.1 Å². The van der Waals surface area contributed by atoms with E-state index in [4.69, 9.17) is 4.74 Å². The Bertz CT molecular complexity index is 550. The molecule has 0 bridgehead atoms. The van der Waals surface area contributed by atoms with Crippen molar-refractivity contribution in [1.82, 2.24) is 10.6 Å². The van der Waals surface area contributed by atoms with Gasteiger partial charge in [-0.05, 0) is 44.9 Å². The van der Waals surface area contributed by atoms with Gasteiger partial charge >= 0.3 is 6.09 Å². The third-order valence-electron chi connectivity index (χ3n) is 2.95. The van der Waals surface area contributed by atoms with Crippen molar-refractivity contribution in [1.29, 1.82) is 0 Å². The van der Waals surface area contributed by atoms with Gasteiger partial charge < -0.3 is 20.5 Å². The number of amides is 2. The lowest BCUT2D eigenvalue weighted by atomic mass is 10.0. The van der Waals surface area contributed by atoms with Crippen LogP contribution >= 0.6 is 0 Å². The lowest BCUT2D eigenvalue weighted by Crippen LogP contribution is -2.48. The number of hydrogen-bond acceptors (Lipinski definition) is 4. The number of rotatable bonds is 4. The third kappa shape index (κ3) is 5.63. The van der Waals surface area contributed by atoms with Crippen molar-refractivity contribution in [3.05, 3.63) is 29.3 Å². The fourth-order valence-corrected chi connectivity index (χ4v) is 1.91. The summed E-state index contributed by atoms with van der Waals surface area (Å²) in [4.78, 5) is 23.8. The Labute approximate surface area is 130 Å². The van der Waals surface area contributed by atoms with Crippen LogP contribution in [0, 0.1) is 6.92 Å². The van der Waals surface area contributed by atoms with Gasteiger partial charge in [-0.25, -0.2) is 4.79 Å². The van der Waals surface area contributed by atoms with Crippen molar-refractivity contribution in [2.45, 2.75) is 45.8 Å². The molecule has 1 aromatic carbocycles. The number of phenolic OH excluding ortho intramolecular Hbond substituents is 1. The highest BCUT2D eigenvalue weighted by Crippen LogP contribution is 2.18. The minimum Gasteiger partial charge on any atom is -0.508 e. The molecule has 1 rings (SSSR count). The van der Waals surface area contributed by atoms with Crippen LogP contribution in [0.25, 0.3) is 0 Å². The number of hydrogen-bond donors (Lipinski definition) is 3. The molecular formula is C16H24N2O4. The number of nitrogens with one attached hydrogen (secondary N) is 2. The van der Waals surface area contributed by atoms with Gasteiger partial charge in [-0.3, -0.25) is 4.79 Å². The Morgan fingerprint density at radius 3 is 2.45 bits per heavy atom. The Balaban J connectivity index is 2.82. The lowest BCUT2D eigenvalue weighted by Gasteiger charge is -2.23. The molecule has 0 spiro atoms. The molecule has 2 amide bonds. The molecular weight excluding hydrogens is 284 g/mol. The number of aryl methyl sites for hydroxylation is 1. The number of ether oxygens (including phenoxy) is 1. The number of carbonyl (C=O) groups is 2. The van der Waals surface area contributed by atoms with Gasteiger partial charge in [0.2, 0.25) is 5.91 Å². The molecule has 0 fully saturated rings. The zero-order valence-electron chi connectivity index (χ0n) is 13.7. The van der Waals surface area contributed by atoms with Crippen LogP contribution in [0.15, 0.2) is 18.2 Å². The molecule has 0 unspecified atom stereocenters. The molecule has 0 heterocycles. The van der Waals surface area contributed by atoms with Gasteiger partial charge in [-0.2, -0.15) is 0 Å². The average Bonchev–Trinajstić information content (AvgIpc) is 2.39. The van der Waals surface area contributed by atoms with E-state index < -0.39 is 17.7 Å². The van der Waals surface area contributed by atoms with Gasteiger partial charge in [0.15, 0.2) is 0 Å². The minimum absolute atomic E-state index is 0.195. The molecule has 0 aliphatic carbocycles. The Kier molecular flexibility index (Phi) is 5.79. The van der Waals surface area contributed by atoms with Crippen LogP contribution < -0.4 is 10.6 Å². The Morgan fingerprint density at radius 2 is 1.95 bits per heavy atom.